The van der Waals surface area contributed by atoms with Crippen LogP contribution in [0.25, 0.3) is 0 Å². The van der Waals surface area contributed by atoms with Crippen molar-refractivity contribution in [1.82, 2.24) is 9.80 Å². The molecule has 0 bridgehead atoms. The molecule has 15 heavy (non-hydrogen) atoms. The second-order valence-corrected chi connectivity index (χ2v) is 4.15. The van der Waals surface area contributed by atoms with E-state index >= 15 is 0 Å². The summed E-state index contributed by atoms with van der Waals surface area (Å²) in [4.78, 5) is 5.09. The maximum atomic E-state index is 2.60. The summed E-state index contributed by atoms with van der Waals surface area (Å²) in [5.74, 6) is 0. The normalized spacial score (nSPS) is 18.8. The molecule has 1 saturated heterocycles. The van der Waals surface area contributed by atoms with Crippen LogP contribution in [0.15, 0.2) is 0 Å². The van der Waals surface area contributed by atoms with Crippen molar-refractivity contribution in [3.05, 3.63) is 0 Å². The van der Waals surface area contributed by atoms with Gasteiger partial charge >= 0.3 is 0 Å². The maximum Gasteiger partial charge on any atom is 0.0116 e. The molecular formula is C13H30N2. The highest BCUT2D eigenvalue weighted by Gasteiger charge is 2.20. The lowest BCUT2D eigenvalue weighted by atomic mass is 10.0. The number of nitrogens with zero attached hydrogens (tertiary/aromatic N) is 2. The monoisotopic (exact) mass is 214 g/mol. The van der Waals surface area contributed by atoms with E-state index in [-0.39, 0.29) is 0 Å². The summed E-state index contributed by atoms with van der Waals surface area (Å²) >= 11 is 0. The molecule has 92 valence electrons. The van der Waals surface area contributed by atoms with E-state index in [1.54, 1.807) is 0 Å². The van der Waals surface area contributed by atoms with Gasteiger partial charge in [-0.2, -0.15) is 0 Å². The molecule has 0 aliphatic carbocycles. The van der Waals surface area contributed by atoms with Gasteiger partial charge in [-0.25, -0.2) is 0 Å². The van der Waals surface area contributed by atoms with Crippen LogP contribution in [0.1, 0.15) is 47.0 Å². The van der Waals surface area contributed by atoms with E-state index in [1.165, 1.54) is 45.4 Å². The van der Waals surface area contributed by atoms with Gasteiger partial charge in [0.05, 0.1) is 0 Å². The zero-order chi connectivity index (χ0) is 11.7. The zero-order valence-corrected chi connectivity index (χ0v) is 11.4. The van der Waals surface area contributed by atoms with E-state index in [0.717, 1.165) is 6.04 Å². The standard InChI is InChI=1S/C11H24N2.C2H6/c1-4-8-13-9-6-11(7-10-13)12(3)5-2;1-2/h11H,4-10H2,1-3H3;1-2H3. The molecule has 1 aliphatic heterocycles. The highest BCUT2D eigenvalue weighted by Crippen LogP contribution is 2.14. The van der Waals surface area contributed by atoms with E-state index in [2.05, 4.69) is 30.7 Å². The minimum atomic E-state index is 0.845. The van der Waals surface area contributed by atoms with Crippen molar-refractivity contribution in [3.63, 3.8) is 0 Å². The molecule has 0 aromatic heterocycles. The largest absolute Gasteiger partial charge is 0.304 e. The van der Waals surface area contributed by atoms with Crippen molar-refractivity contribution in [2.24, 2.45) is 0 Å². The molecule has 2 heteroatoms. The molecule has 1 aliphatic rings. The van der Waals surface area contributed by atoms with Gasteiger partial charge in [0, 0.05) is 6.04 Å². The first-order chi connectivity index (χ1) is 7.27. The lowest BCUT2D eigenvalue weighted by Gasteiger charge is -2.36. The molecule has 0 aromatic carbocycles. The quantitative estimate of drug-likeness (QED) is 0.710. The fourth-order valence-corrected chi connectivity index (χ4v) is 2.16. The topological polar surface area (TPSA) is 6.48 Å². The van der Waals surface area contributed by atoms with Crippen molar-refractivity contribution in [2.75, 3.05) is 33.2 Å². The van der Waals surface area contributed by atoms with E-state index in [9.17, 15) is 0 Å². The molecule has 0 aromatic rings. The first-order valence-electron chi connectivity index (χ1n) is 6.70. The molecule has 0 radical (unpaired) electrons. The molecule has 0 N–H and O–H groups in total. The highest BCUT2D eigenvalue weighted by atomic mass is 15.2. The van der Waals surface area contributed by atoms with Crippen molar-refractivity contribution < 1.29 is 0 Å². The van der Waals surface area contributed by atoms with Gasteiger partial charge in [0.15, 0.2) is 0 Å². The summed E-state index contributed by atoms with van der Waals surface area (Å²) < 4.78 is 0. The Kier molecular flexibility index (Phi) is 9.12. The fraction of sp³-hybridized carbons (Fsp3) is 1.00. The summed E-state index contributed by atoms with van der Waals surface area (Å²) in [5, 5.41) is 0. The average molecular weight is 214 g/mol. The predicted molar refractivity (Wildman–Crippen MR) is 69.4 cm³/mol. The molecule has 1 fully saturated rings. The van der Waals surface area contributed by atoms with E-state index in [0.29, 0.717) is 0 Å². The van der Waals surface area contributed by atoms with Crippen molar-refractivity contribution in [2.45, 2.75) is 53.0 Å². The number of piperidine rings is 1. The van der Waals surface area contributed by atoms with Crippen LogP contribution in [0.3, 0.4) is 0 Å². The molecule has 0 amide bonds. The molecule has 0 saturated carbocycles. The minimum Gasteiger partial charge on any atom is -0.304 e. The van der Waals surface area contributed by atoms with Gasteiger partial charge < -0.3 is 9.80 Å². The second-order valence-electron chi connectivity index (χ2n) is 4.15. The lowest BCUT2D eigenvalue weighted by molar-refractivity contribution is 0.132. The van der Waals surface area contributed by atoms with Crippen molar-refractivity contribution >= 4 is 0 Å². The van der Waals surface area contributed by atoms with Crippen LogP contribution >= 0.6 is 0 Å². The van der Waals surface area contributed by atoms with Gasteiger partial charge in [-0.3, -0.25) is 0 Å². The van der Waals surface area contributed by atoms with E-state index in [4.69, 9.17) is 0 Å². The van der Waals surface area contributed by atoms with Crippen LogP contribution in [0.4, 0.5) is 0 Å². The van der Waals surface area contributed by atoms with Gasteiger partial charge in [0.1, 0.15) is 0 Å². The Labute approximate surface area is 96.6 Å². The third kappa shape index (κ3) is 5.53. The Balaban J connectivity index is 0.000000921. The number of hydrogen-bond donors (Lipinski definition) is 0. The predicted octanol–water partition coefficient (Wildman–Crippen LogP) is 2.84. The Hall–Kier alpha value is -0.0800. The van der Waals surface area contributed by atoms with Crippen LogP contribution in [-0.2, 0) is 0 Å². The summed E-state index contributed by atoms with van der Waals surface area (Å²) in [7, 11) is 2.25. The van der Waals surface area contributed by atoms with Crippen molar-refractivity contribution in [3.8, 4) is 0 Å². The zero-order valence-electron chi connectivity index (χ0n) is 11.4. The average Bonchev–Trinajstić information content (AvgIpc) is 2.32. The van der Waals surface area contributed by atoms with Crippen molar-refractivity contribution in [1.29, 1.82) is 0 Å². The van der Waals surface area contributed by atoms with Gasteiger partial charge in [-0.05, 0) is 52.5 Å². The second kappa shape index (κ2) is 9.17. The molecule has 2 nitrogen and oxygen atoms in total. The molecule has 0 atom stereocenters. The third-order valence-electron chi connectivity index (χ3n) is 3.22. The van der Waals surface area contributed by atoms with Crippen LogP contribution in [0, 0.1) is 0 Å². The number of hydrogen-bond acceptors (Lipinski definition) is 2. The third-order valence-corrected chi connectivity index (χ3v) is 3.22. The fourth-order valence-electron chi connectivity index (χ4n) is 2.16. The van der Waals surface area contributed by atoms with Gasteiger partial charge in [0.25, 0.3) is 0 Å². The molecule has 1 rings (SSSR count). The van der Waals surface area contributed by atoms with Crippen LogP contribution in [0.2, 0.25) is 0 Å². The summed E-state index contributed by atoms with van der Waals surface area (Å²) in [6.07, 6.45) is 4.03. The van der Waals surface area contributed by atoms with E-state index < -0.39 is 0 Å². The first-order valence-corrected chi connectivity index (χ1v) is 6.70. The Morgan fingerprint density at radius 2 is 1.67 bits per heavy atom. The Morgan fingerprint density at radius 1 is 1.13 bits per heavy atom. The Bertz CT molecular complexity index is 128. The smallest absolute Gasteiger partial charge is 0.0116 e. The van der Waals surface area contributed by atoms with Crippen LogP contribution in [0.5, 0.6) is 0 Å². The van der Waals surface area contributed by atoms with Crippen LogP contribution in [-0.4, -0.2) is 49.1 Å². The summed E-state index contributed by atoms with van der Waals surface area (Å²) in [5.41, 5.74) is 0. The molecule has 0 spiro atoms. The number of likely N-dealkylation sites (tertiary alicyclic amines) is 1. The lowest BCUT2D eigenvalue weighted by Crippen LogP contribution is -2.43. The van der Waals surface area contributed by atoms with Gasteiger partial charge in [0.2, 0.25) is 0 Å². The SMILES string of the molecule is CC.CCCN1CCC(N(C)CC)CC1. The highest BCUT2D eigenvalue weighted by molar-refractivity contribution is 4.77. The molecule has 0 unspecified atom stereocenters. The summed E-state index contributed by atoms with van der Waals surface area (Å²) in [6, 6.07) is 0.845. The Morgan fingerprint density at radius 3 is 2.07 bits per heavy atom. The number of rotatable bonds is 4. The molecular weight excluding hydrogens is 184 g/mol. The minimum absolute atomic E-state index is 0.845. The van der Waals surface area contributed by atoms with Gasteiger partial charge in [-0.15, -0.1) is 0 Å². The first kappa shape index (κ1) is 14.9. The van der Waals surface area contributed by atoms with E-state index in [1.807, 2.05) is 13.8 Å². The van der Waals surface area contributed by atoms with Gasteiger partial charge in [-0.1, -0.05) is 27.7 Å². The summed E-state index contributed by atoms with van der Waals surface area (Å²) in [6.45, 7) is 13.6. The van der Waals surface area contributed by atoms with Crippen LogP contribution < -0.4 is 0 Å². The maximum absolute atomic E-state index is 2.60. The molecule has 1 heterocycles.